The van der Waals surface area contributed by atoms with Gasteiger partial charge in [-0.05, 0) is 60.4 Å². The summed E-state index contributed by atoms with van der Waals surface area (Å²) in [6, 6.07) is 15.4. The monoisotopic (exact) mass is 360 g/mol. The molecule has 0 aliphatic carbocycles. The van der Waals surface area contributed by atoms with Crippen LogP contribution in [0, 0.1) is 6.92 Å². The Morgan fingerprint density at radius 3 is 2.52 bits per heavy atom. The van der Waals surface area contributed by atoms with Gasteiger partial charge in [-0.3, -0.25) is 9.78 Å². The van der Waals surface area contributed by atoms with Gasteiger partial charge in [0.25, 0.3) is 5.91 Å². The summed E-state index contributed by atoms with van der Waals surface area (Å²) >= 11 is 0. The van der Waals surface area contributed by atoms with Crippen molar-refractivity contribution in [1.82, 2.24) is 9.97 Å². The third kappa shape index (κ3) is 4.91. The van der Waals surface area contributed by atoms with E-state index < -0.39 is 0 Å². The molecule has 0 radical (unpaired) electrons. The molecule has 1 amide bonds. The molecule has 0 fully saturated rings. The van der Waals surface area contributed by atoms with Gasteiger partial charge in [0.1, 0.15) is 5.82 Å². The second-order valence-electron chi connectivity index (χ2n) is 6.79. The van der Waals surface area contributed by atoms with Gasteiger partial charge in [0, 0.05) is 30.3 Å². The summed E-state index contributed by atoms with van der Waals surface area (Å²) in [6.07, 6.45) is 3.45. The lowest BCUT2D eigenvalue weighted by Crippen LogP contribution is -2.15. The lowest BCUT2D eigenvalue weighted by molar-refractivity contribution is 0.102. The molecule has 27 heavy (non-hydrogen) atoms. The number of hydrogen-bond donors (Lipinski definition) is 2. The number of nitrogens with one attached hydrogen (secondary N) is 2. The summed E-state index contributed by atoms with van der Waals surface area (Å²) < 4.78 is 0. The van der Waals surface area contributed by atoms with Crippen LogP contribution in [-0.4, -0.2) is 15.9 Å². The summed E-state index contributed by atoms with van der Waals surface area (Å²) in [5.74, 6) is 0.831. The average molecular weight is 360 g/mol. The van der Waals surface area contributed by atoms with Crippen LogP contribution in [0.3, 0.4) is 0 Å². The topological polar surface area (TPSA) is 66.9 Å². The number of anilines is 2. The van der Waals surface area contributed by atoms with E-state index >= 15 is 0 Å². The van der Waals surface area contributed by atoms with Gasteiger partial charge in [-0.15, -0.1) is 0 Å². The first-order valence-corrected chi connectivity index (χ1v) is 9.04. The first-order valence-electron chi connectivity index (χ1n) is 9.04. The van der Waals surface area contributed by atoms with Crippen LogP contribution in [0.25, 0.3) is 0 Å². The number of nitrogens with zero attached hydrogens (tertiary/aromatic N) is 2. The van der Waals surface area contributed by atoms with Gasteiger partial charge in [-0.1, -0.05) is 26.0 Å². The van der Waals surface area contributed by atoms with E-state index in [9.17, 15) is 4.79 Å². The van der Waals surface area contributed by atoms with Crippen molar-refractivity contribution < 1.29 is 4.79 Å². The van der Waals surface area contributed by atoms with Crippen LogP contribution in [0.2, 0.25) is 0 Å². The Morgan fingerprint density at radius 2 is 1.81 bits per heavy atom. The molecule has 0 spiro atoms. The molecule has 3 rings (SSSR count). The molecule has 0 saturated heterocycles. The van der Waals surface area contributed by atoms with Gasteiger partial charge in [0.15, 0.2) is 0 Å². The van der Waals surface area contributed by atoms with E-state index in [4.69, 9.17) is 0 Å². The summed E-state index contributed by atoms with van der Waals surface area (Å²) in [4.78, 5) is 21.2. The minimum Gasteiger partial charge on any atom is -0.365 e. The predicted molar refractivity (Wildman–Crippen MR) is 109 cm³/mol. The number of rotatable bonds is 6. The number of hydrogen-bond acceptors (Lipinski definition) is 4. The second kappa shape index (κ2) is 8.45. The SMILES string of the molecule is Cc1cc(CNc2ncccc2C(=O)Nc2ccc(C(C)C)cc2)ccn1. The van der Waals surface area contributed by atoms with Crippen molar-refractivity contribution in [2.75, 3.05) is 10.6 Å². The summed E-state index contributed by atoms with van der Waals surface area (Å²) in [5.41, 5.74) is 4.56. The van der Waals surface area contributed by atoms with Crippen LogP contribution in [0.5, 0.6) is 0 Å². The van der Waals surface area contributed by atoms with E-state index in [2.05, 4.69) is 34.4 Å². The molecular formula is C22H24N4O. The number of amides is 1. The molecule has 0 unspecified atom stereocenters. The Hall–Kier alpha value is -3.21. The fourth-order valence-electron chi connectivity index (χ4n) is 2.78. The smallest absolute Gasteiger partial charge is 0.259 e. The van der Waals surface area contributed by atoms with Gasteiger partial charge >= 0.3 is 0 Å². The highest BCUT2D eigenvalue weighted by atomic mass is 16.1. The van der Waals surface area contributed by atoms with Crippen molar-refractivity contribution in [3.63, 3.8) is 0 Å². The maximum atomic E-state index is 12.7. The maximum absolute atomic E-state index is 12.7. The molecule has 2 heterocycles. The van der Waals surface area contributed by atoms with Gasteiger partial charge in [0.05, 0.1) is 5.56 Å². The van der Waals surface area contributed by atoms with E-state index in [1.165, 1.54) is 5.56 Å². The molecule has 3 aromatic rings. The fraction of sp³-hybridized carbons (Fsp3) is 0.227. The number of pyridine rings is 2. The zero-order chi connectivity index (χ0) is 19.2. The number of carbonyl (C=O) groups excluding carboxylic acids is 1. The van der Waals surface area contributed by atoms with Crippen LogP contribution in [0.15, 0.2) is 60.9 Å². The molecule has 0 aliphatic rings. The Kier molecular flexibility index (Phi) is 5.81. The third-order valence-electron chi connectivity index (χ3n) is 4.31. The third-order valence-corrected chi connectivity index (χ3v) is 4.31. The van der Waals surface area contributed by atoms with Crippen LogP contribution >= 0.6 is 0 Å². The molecular weight excluding hydrogens is 336 g/mol. The van der Waals surface area contributed by atoms with Crippen molar-refractivity contribution in [3.05, 3.63) is 83.3 Å². The summed E-state index contributed by atoms with van der Waals surface area (Å²) in [7, 11) is 0. The van der Waals surface area contributed by atoms with Gasteiger partial charge in [-0.25, -0.2) is 4.98 Å². The van der Waals surface area contributed by atoms with E-state index in [1.807, 2.05) is 43.3 Å². The highest BCUT2D eigenvalue weighted by Crippen LogP contribution is 2.19. The van der Waals surface area contributed by atoms with Crippen molar-refractivity contribution in [3.8, 4) is 0 Å². The lowest BCUT2D eigenvalue weighted by atomic mass is 10.0. The van der Waals surface area contributed by atoms with E-state index in [0.29, 0.717) is 23.8 Å². The minimum absolute atomic E-state index is 0.186. The zero-order valence-electron chi connectivity index (χ0n) is 15.9. The lowest BCUT2D eigenvalue weighted by Gasteiger charge is -2.12. The molecule has 138 valence electrons. The molecule has 0 saturated carbocycles. The van der Waals surface area contributed by atoms with Crippen molar-refractivity contribution in [2.45, 2.75) is 33.2 Å². The zero-order valence-corrected chi connectivity index (χ0v) is 15.9. The Balaban J connectivity index is 1.71. The number of aromatic nitrogens is 2. The molecule has 0 aliphatic heterocycles. The van der Waals surface area contributed by atoms with Gasteiger partial charge in [0.2, 0.25) is 0 Å². The first-order chi connectivity index (χ1) is 13.0. The van der Waals surface area contributed by atoms with E-state index in [0.717, 1.165) is 16.9 Å². The number of aryl methyl sites for hydroxylation is 1. The Labute approximate surface area is 159 Å². The Morgan fingerprint density at radius 1 is 1.04 bits per heavy atom. The quantitative estimate of drug-likeness (QED) is 0.664. The highest BCUT2D eigenvalue weighted by molar-refractivity contribution is 6.07. The minimum atomic E-state index is -0.186. The number of carbonyl (C=O) groups is 1. The predicted octanol–water partition coefficient (Wildman–Crippen LogP) is 4.77. The van der Waals surface area contributed by atoms with Crippen molar-refractivity contribution in [2.24, 2.45) is 0 Å². The van der Waals surface area contributed by atoms with E-state index in [1.54, 1.807) is 24.5 Å². The van der Waals surface area contributed by atoms with Crippen LogP contribution in [0.4, 0.5) is 11.5 Å². The summed E-state index contributed by atoms with van der Waals surface area (Å²) in [6.45, 7) is 6.81. The second-order valence-corrected chi connectivity index (χ2v) is 6.79. The molecule has 5 nitrogen and oxygen atoms in total. The molecule has 2 aromatic heterocycles. The molecule has 5 heteroatoms. The molecule has 1 aromatic carbocycles. The van der Waals surface area contributed by atoms with Gasteiger partial charge in [-0.2, -0.15) is 0 Å². The fourth-order valence-corrected chi connectivity index (χ4v) is 2.78. The van der Waals surface area contributed by atoms with Gasteiger partial charge < -0.3 is 10.6 Å². The normalized spacial score (nSPS) is 10.7. The van der Waals surface area contributed by atoms with Crippen LogP contribution < -0.4 is 10.6 Å². The molecule has 0 bridgehead atoms. The Bertz CT molecular complexity index is 920. The largest absolute Gasteiger partial charge is 0.365 e. The first kappa shape index (κ1) is 18.6. The standard InChI is InChI=1S/C22H24N4O/c1-15(2)18-6-8-19(9-7-18)26-22(27)20-5-4-11-24-21(20)25-14-17-10-12-23-16(3)13-17/h4-13,15H,14H2,1-3H3,(H,24,25)(H,26,27). The molecule has 0 atom stereocenters. The maximum Gasteiger partial charge on any atom is 0.259 e. The van der Waals surface area contributed by atoms with Crippen molar-refractivity contribution in [1.29, 1.82) is 0 Å². The van der Waals surface area contributed by atoms with Crippen LogP contribution in [0.1, 0.15) is 46.9 Å². The highest BCUT2D eigenvalue weighted by Gasteiger charge is 2.12. The van der Waals surface area contributed by atoms with E-state index in [-0.39, 0.29) is 5.91 Å². The van der Waals surface area contributed by atoms with Crippen molar-refractivity contribution >= 4 is 17.4 Å². The number of benzene rings is 1. The summed E-state index contributed by atoms with van der Waals surface area (Å²) in [5, 5.41) is 6.19. The molecule has 2 N–H and O–H groups in total. The average Bonchev–Trinajstić information content (AvgIpc) is 2.67. The van der Waals surface area contributed by atoms with Crippen LogP contribution in [-0.2, 0) is 6.54 Å².